The highest BCUT2D eigenvalue weighted by molar-refractivity contribution is 5.92. The standard InChI is InChI=1S/C27H33N3O4/c1-5-16-29-25(28-30(27(29)32)19-23-10-8-20(2)9-11-23)7-6-17-34-24-14-12-22(13-15-24)18-21(3)26(31)33-4/h8-15,18H,5-7,16-17,19H2,1-4H3/b21-18+. The van der Waals surface area contributed by atoms with E-state index < -0.39 is 0 Å². The molecule has 0 saturated carbocycles. The summed E-state index contributed by atoms with van der Waals surface area (Å²) in [6.07, 6.45) is 4.05. The highest BCUT2D eigenvalue weighted by Crippen LogP contribution is 2.15. The van der Waals surface area contributed by atoms with Crippen molar-refractivity contribution in [2.24, 2.45) is 0 Å². The number of aryl methyl sites for hydroxylation is 2. The molecule has 0 unspecified atom stereocenters. The van der Waals surface area contributed by atoms with Crippen LogP contribution in [0, 0.1) is 6.92 Å². The summed E-state index contributed by atoms with van der Waals surface area (Å²) in [6, 6.07) is 15.7. The second kappa shape index (κ2) is 12.0. The lowest BCUT2D eigenvalue weighted by Crippen LogP contribution is -2.26. The SMILES string of the molecule is CCCn1c(CCCOc2ccc(/C=C(\C)C(=O)OC)cc2)nn(Cc2ccc(C)cc2)c1=O. The Hall–Kier alpha value is -3.61. The number of methoxy groups -OCH3 is 1. The zero-order valence-electron chi connectivity index (χ0n) is 20.4. The van der Waals surface area contributed by atoms with E-state index in [1.54, 1.807) is 22.2 Å². The van der Waals surface area contributed by atoms with Gasteiger partial charge in [-0.1, -0.05) is 48.9 Å². The van der Waals surface area contributed by atoms with Gasteiger partial charge in [0.15, 0.2) is 0 Å². The lowest BCUT2D eigenvalue weighted by molar-refractivity contribution is -0.135. The molecule has 3 rings (SSSR count). The molecule has 0 aliphatic heterocycles. The van der Waals surface area contributed by atoms with Crippen molar-refractivity contribution in [1.29, 1.82) is 0 Å². The van der Waals surface area contributed by atoms with Crippen molar-refractivity contribution < 1.29 is 14.3 Å². The fourth-order valence-electron chi connectivity index (χ4n) is 3.64. The predicted octanol–water partition coefficient (Wildman–Crippen LogP) is 4.40. The van der Waals surface area contributed by atoms with E-state index in [4.69, 9.17) is 9.47 Å². The minimum absolute atomic E-state index is 0.0655. The van der Waals surface area contributed by atoms with E-state index in [2.05, 4.69) is 12.0 Å². The maximum absolute atomic E-state index is 12.9. The van der Waals surface area contributed by atoms with Crippen LogP contribution < -0.4 is 10.4 Å². The van der Waals surface area contributed by atoms with E-state index in [1.165, 1.54) is 12.7 Å². The lowest BCUT2D eigenvalue weighted by Gasteiger charge is -2.07. The molecule has 34 heavy (non-hydrogen) atoms. The molecule has 2 aromatic carbocycles. The van der Waals surface area contributed by atoms with Crippen LogP contribution in [-0.4, -0.2) is 34.0 Å². The fourth-order valence-corrected chi connectivity index (χ4v) is 3.64. The fraction of sp³-hybridized carbons (Fsp3) is 0.370. The van der Waals surface area contributed by atoms with Crippen molar-refractivity contribution in [1.82, 2.24) is 14.3 Å². The second-order valence-corrected chi connectivity index (χ2v) is 8.33. The number of aromatic nitrogens is 3. The topological polar surface area (TPSA) is 75.3 Å². The number of carbonyl (C=O) groups excluding carboxylic acids is 1. The molecule has 0 aliphatic carbocycles. The van der Waals surface area contributed by atoms with E-state index in [9.17, 15) is 9.59 Å². The van der Waals surface area contributed by atoms with Crippen molar-refractivity contribution >= 4 is 12.0 Å². The Bertz CT molecular complexity index is 1170. The van der Waals surface area contributed by atoms with Gasteiger partial charge >= 0.3 is 11.7 Å². The molecule has 0 amide bonds. The molecule has 0 fully saturated rings. The first kappa shape index (κ1) is 25.0. The lowest BCUT2D eigenvalue weighted by atomic mass is 10.1. The first-order valence-electron chi connectivity index (χ1n) is 11.6. The number of rotatable bonds is 11. The minimum atomic E-state index is -0.344. The van der Waals surface area contributed by atoms with Gasteiger partial charge in [-0.3, -0.25) is 4.57 Å². The van der Waals surface area contributed by atoms with Gasteiger partial charge < -0.3 is 9.47 Å². The number of nitrogens with zero attached hydrogens (tertiary/aromatic N) is 3. The smallest absolute Gasteiger partial charge is 0.346 e. The highest BCUT2D eigenvalue weighted by Gasteiger charge is 2.13. The van der Waals surface area contributed by atoms with E-state index in [1.807, 2.05) is 55.5 Å². The molecule has 0 saturated heterocycles. The summed E-state index contributed by atoms with van der Waals surface area (Å²) in [7, 11) is 1.37. The second-order valence-electron chi connectivity index (χ2n) is 8.33. The molecule has 0 radical (unpaired) electrons. The summed E-state index contributed by atoms with van der Waals surface area (Å²) in [4.78, 5) is 24.4. The van der Waals surface area contributed by atoms with Crippen molar-refractivity contribution in [2.45, 2.75) is 53.1 Å². The minimum Gasteiger partial charge on any atom is -0.494 e. The average Bonchev–Trinajstić information content (AvgIpc) is 3.13. The number of carbonyl (C=O) groups is 1. The Morgan fingerprint density at radius 3 is 2.44 bits per heavy atom. The van der Waals surface area contributed by atoms with Crippen LogP contribution in [0.3, 0.4) is 0 Å². The first-order chi connectivity index (χ1) is 16.4. The third-order valence-electron chi connectivity index (χ3n) is 5.48. The van der Waals surface area contributed by atoms with E-state index in [-0.39, 0.29) is 11.7 Å². The van der Waals surface area contributed by atoms with Crippen molar-refractivity contribution in [3.8, 4) is 5.75 Å². The van der Waals surface area contributed by atoms with Gasteiger partial charge in [-0.25, -0.2) is 14.3 Å². The van der Waals surface area contributed by atoms with Crippen molar-refractivity contribution in [3.63, 3.8) is 0 Å². The predicted molar refractivity (Wildman–Crippen MR) is 133 cm³/mol. The molecule has 1 aromatic heterocycles. The summed E-state index contributed by atoms with van der Waals surface area (Å²) < 4.78 is 13.9. The number of hydrogen-bond acceptors (Lipinski definition) is 5. The molecular weight excluding hydrogens is 430 g/mol. The average molecular weight is 464 g/mol. The molecule has 3 aromatic rings. The van der Waals surface area contributed by atoms with Crippen LogP contribution >= 0.6 is 0 Å². The van der Waals surface area contributed by atoms with Gasteiger partial charge in [0.25, 0.3) is 0 Å². The maximum atomic E-state index is 12.9. The van der Waals surface area contributed by atoms with Gasteiger partial charge in [-0.15, -0.1) is 0 Å². The Morgan fingerprint density at radius 1 is 1.09 bits per heavy atom. The summed E-state index contributed by atoms with van der Waals surface area (Å²) in [5.41, 5.74) is 3.62. The molecule has 7 heteroatoms. The first-order valence-corrected chi connectivity index (χ1v) is 11.6. The normalized spacial score (nSPS) is 11.5. The third kappa shape index (κ3) is 6.70. The van der Waals surface area contributed by atoms with Gasteiger partial charge in [0.1, 0.15) is 11.6 Å². The summed E-state index contributed by atoms with van der Waals surface area (Å²) >= 11 is 0. The van der Waals surface area contributed by atoms with Crippen LogP contribution in [0.1, 0.15) is 49.2 Å². The Kier molecular flexibility index (Phi) is 8.85. The quantitative estimate of drug-likeness (QED) is 0.239. The summed E-state index contributed by atoms with van der Waals surface area (Å²) in [5, 5.41) is 4.62. The Morgan fingerprint density at radius 2 is 1.79 bits per heavy atom. The highest BCUT2D eigenvalue weighted by atomic mass is 16.5. The zero-order chi connectivity index (χ0) is 24.5. The summed E-state index contributed by atoms with van der Waals surface area (Å²) in [6.45, 7) is 7.46. The largest absolute Gasteiger partial charge is 0.494 e. The van der Waals surface area contributed by atoms with Gasteiger partial charge in [0.05, 0.1) is 20.3 Å². The van der Waals surface area contributed by atoms with Crippen LogP contribution in [0.25, 0.3) is 6.08 Å². The monoisotopic (exact) mass is 463 g/mol. The van der Waals surface area contributed by atoms with Crippen LogP contribution in [0.15, 0.2) is 58.9 Å². The number of esters is 1. The molecule has 0 bridgehead atoms. The van der Waals surface area contributed by atoms with Crippen LogP contribution in [-0.2, 0) is 29.0 Å². The van der Waals surface area contributed by atoms with E-state index in [0.29, 0.717) is 31.7 Å². The number of ether oxygens (including phenoxy) is 2. The molecule has 180 valence electrons. The van der Waals surface area contributed by atoms with Crippen LogP contribution in [0.2, 0.25) is 0 Å². The Labute approximate surface area is 200 Å². The molecule has 0 aliphatic rings. The molecule has 0 N–H and O–H groups in total. The molecule has 7 nitrogen and oxygen atoms in total. The van der Waals surface area contributed by atoms with Gasteiger partial charge in [0.2, 0.25) is 0 Å². The number of hydrogen-bond donors (Lipinski definition) is 0. The van der Waals surface area contributed by atoms with Crippen LogP contribution in [0.5, 0.6) is 5.75 Å². The zero-order valence-corrected chi connectivity index (χ0v) is 20.4. The van der Waals surface area contributed by atoms with E-state index >= 15 is 0 Å². The summed E-state index contributed by atoms with van der Waals surface area (Å²) in [5.74, 6) is 1.20. The molecule has 1 heterocycles. The maximum Gasteiger partial charge on any atom is 0.346 e. The number of benzene rings is 2. The van der Waals surface area contributed by atoms with Crippen molar-refractivity contribution in [2.75, 3.05) is 13.7 Å². The van der Waals surface area contributed by atoms with E-state index in [0.717, 1.165) is 35.5 Å². The Balaban J connectivity index is 1.58. The van der Waals surface area contributed by atoms with Crippen LogP contribution in [0.4, 0.5) is 0 Å². The van der Waals surface area contributed by atoms with Gasteiger partial charge in [-0.05, 0) is 56.0 Å². The van der Waals surface area contributed by atoms with Gasteiger partial charge in [-0.2, -0.15) is 5.10 Å². The third-order valence-corrected chi connectivity index (χ3v) is 5.48. The molecule has 0 spiro atoms. The molecular formula is C27H33N3O4. The van der Waals surface area contributed by atoms with Crippen molar-refractivity contribution in [3.05, 3.63) is 87.1 Å². The molecule has 0 atom stereocenters. The van der Waals surface area contributed by atoms with Gasteiger partial charge in [0, 0.05) is 18.5 Å².